The van der Waals surface area contributed by atoms with Gasteiger partial charge in [-0.15, -0.1) is 0 Å². The van der Waals surface area contributed by atoms with Crippen molar-refractivity contribution in [3.63, 3.8) is 0 Å². The highest BCUT2D eigenvalue weighted by Crippen LogP contribution is 2.43. The zero-order valence-corrected chi connectivity index (χ0v) is 18.8. The maximum Gasteiger partial charge on any atom is 0.242 e. The van der Waals surface area contributed by atoms with Crippen LogP contribution in [-0.2, 0) is 14.3 Å². The van der Waals surface area contributed by atoms with E-state index < -0.39 is 0 Å². The van der Waals surface area contributed by atoms with Crippen molar-refractivity contribution in [3.8, 4) is 11.8 Å². The number of aliphatic hydroxyl groups is 1. The lowest BCUT2D eigenvalue weighted by Gasteiger charge is -2.59. The summed E-state index contributed by atoms with van der Waals surface area (Å²) in [4.78, 5) is 29.3. The summed E-state index contributed by atoms with van der Waals surface area (Å²) in [7, 11) is 0. The standard InChI is InChI=1S/C27H27FN2O4/c28-22-3-1-2-19(14-22)5-4-18-6-8-20(9-7-18)26-23-15-29(16-25(32)30(23)24(26)17-31)27(33)21-10-12-34-13-11-21/h1-3,6-9,14,21,23-24,26,31H,10-13,15-17H2/t23-,24-,26+/m1/s1. The molecule has 3 fully saturated rings. The van der Waals surface area contributed by atoms with E-state index in [0.717, 1.165) is 11.1 Å². The molecule has 0 bridgehead atoms. The number of fused-ring (bicyclic) bond motifs is 1. The summed E-state index contributed by atoms with van der Waals surface area (Å²) in [5.74, 6) is 5.47. The summed E-state index contributed by atoms with van der Waals surface area (Å²) in [5, 5.41) is 10.00. The highest BCUT2D eigenvalue weighted by atomic mass is 19.1. The van der Waals surface area contributed by atoms with Crippen LogP contribution in [0.2, 0.25) is 0 Å². The molecule has 2 aromatic rings. The quantitative estimate of drug-likeness (QED) is 0.710. The molecule has 7 heteroatoms. The third kappa shape index (κ3) is 4.31. The number of carbonyl (C=O) groups is 2. The number of halogens is 1. The molecule has 6 nitrogen and oxygen atoms in total. The Morgan fingerprint density at radius 1 is 1.09 bits per heavy atom. The molecule has 0 unspecified atom stereocenters. The van der Waals surface area contributed by atoms with Gasteiger partial charge in [0.2, 0.25) is 11.8 Å². The van der Waals surface area contributed by atoms with Crippen molar-refractivity contribution in [1.82, 2.24) is 9.80 Å². The van der Waals surface area contributed by atoms with E-state index >= 15 is 0 Å². The molecular weight excluding hydrogens is 435 g/mol. The molecule has 0 aromatic heterocycles. The molecule has 3 heterocycles. The number of carbonyl (C=O) groups excluding carboxylic acids is 2. The van der Waals surface area contributed by atoms with Crippen LogP contribution in [0, 0.1) is 23.6 Å². The smallest absolute Gasteiger partial charge is 0.242 e. The van der Waals surface area contributed by atoms with Crippen LogP contribution in [0.15, 0.2) is 48.5 Å². The molecule has 34 heavy (non-hydrogen) atoms. The van der Waals surface area contributed by atoms with Gasteiger partial charge in [0.15, 0.2) is 0 Å². The van der Waals surface area contributed by atoms with Crippen molar-refractivity contribution >= 4 is 11.8 Å². The highest BCUT2D eigenvalue weighted by molar-refractivity contribution is 5.88. The van der Waals surface area contributed by atoms with Crippen LogP contribution in [0.4, 0.5) is 4.39 Å². The molecule has 3 aliphatic rings. The van der Waals surface area contributed by atoms with E-state index in [1.807, 2.05) is 24.3 Å². The van der Waals surface area contributed by atoms with Crippen molar-refractivity contribution in [2.45, 2.75) is 30.8 Å². The average molecular weight is 463 g/mol. The van der Waals surface area contributed by atoms with Crippen LogP contribution in [0.25, 0.3) is 0 Å². The van der Waals surface area contributed by atoms with Gasteiger partial charge in [-0.3, -0.25) is 9.59 Å². The third-order valence-corrected chi connectivity index (χ3v) is 7.11. The normalized spacial score (nSPS) is 24.6. The topological polar surface area (TPSA) is 70.1 Å². The Kier molecular flexibility index (Phi) is 6.36. The summed E-state index contributed by atoms with van der Waals surface area (Å²) in [6.45, 7) is 1.59. The predicted molar refractivity (Wildman–Crippen MR) is 123 cm³/mol. The van der Waals surface area contributed by atoms with Gasteiger partial charge in [0.25, 0.3) is 0 Å². The van der Waals surface area contributed by atoms with Gasteiger partial charge in [0, 0.05) is 42.7 Å². The monoisotopic (exact) mass is 462 g/mol. The lowest BCUT2D eigenvalue weighted by atomic mass is 9.73. The van der Waals surface area contributed by atoms with Gasteiger partial charge >= 0.3 is 0 Å². The summed E-state index contributed by atoms with van der Waals surface area (Å²) in [6, 6.07) is 13.4. The minimum absolute atomic E-state index is 0.0328. The number of hydrogen-bond acceptors (Lipinski definition) is 4. The molecule has 0 aliphatic carbocycles. The first kappa shape index (κ1) is 22.6. The molecule has 0 spiro atoms. The summed E-state index contributed by atoms with van der Waals surface area (Å²) < 4.78 is 18.7. The van der Waals surface area contributed by atoms with Gasteiger partial charge in [0.1, 0.15) is 5.82 Å². The first-order chi connectivity index (χ1) is 16.5. The van der Waals surface area contributed by atoms with Gasteiger partial charge in [0.05, 0.1) is 25.2 Å². The van der Waals surface area contributed by atoms with Crippen LogP contribution in [0.3, 0.4) is 0 Å². The van der Waals surface area contributed by atoms with Crippen molar-refractivity contribution in [2.75, 3.05) is 32.9 Å². The molecule has 2 aromatic carbocycles. The van der Waals surface area contributed by atoms with E-state index in [1.165, 1.54) is 12.1 Å². The molecule has 5 rings (SSSR count). The van der Waals surface area contributed by atoms with Crippen LogP contribution >= 0.6 is 0 Å². The second-order valence-corrected chi connectivity index (χ2v) is 9.13. The summed E-state index contributed by atoms with van der Waals surface area (Å²) in [5.41, 5.74) is 2.40. The SMILES string of the molecule is O=C(C1CCOCC1)N1CC(=O)N2[C@H](CO)[C@@H](c3ccc(C#Cc4cccc(F)c4)cc3)[C@H]2C1. The lowest BCUT2D eigenvalue weighted by Crippen LogP contribution is -2.73. The maximum atomic E-state index is 13.4. The maximum absolute atomic E-state index is 13.4. The minimum atomic E-state index is -0.321. The van der Waals surface area contributed by atoms with Crippen LogP contribution in [0.1, 0.15) is 35.4 Å². The molecule has 0 saturated carbocycles. The Hall–Kier alpha value is -3.21. The third-order valence-electron chi connectivity index (χ3n) is 7.11. The number of nitrogens with zero attached hydrogens (tertiary/aromatic N) is 2. The van der Waals surface area contributed by atoms with Gasteiger partial charge in [-0.05, 0) is 48.7 Å². The van der Waals surface area contributed by atoms with Gasteiger partial charge in [-0.1, -0.05) is 30.0 Å². The highest BCUT2D eigenvalue weighted by Gasteiger charge is 2.54. The van der Waals surface area contributed by atoms with E-state index in [0.29, 0.717) is 38.2 Å². The fourth-order valence-corrected chi connectivity index (χ4v) is 5.37. The Bertz CT molecular complexity index is 1130. The van der Waals surface area contributed by atoms with E-state index in [2.05, 4.69) is 11.8 Å². The molecule has 3 saturated heterocycles. The second kappa shape index (κ2) is 9.57. The van der Waals surface area contributed by atoms with Gasteiger partial charge < -0.3 is 19.6 Å². The number of rotatable bonds is 3. The van der Waals surface area contributed by atoms with E-state index in [1.54, 1.807) is 21.9 Å². The van der Waals surface area contributed by atoms with E-state index in [-0.39, 0.29) is 54.7 Å². The number of hydrogen-bond donors (Lipinski definition) is 1. The molecular formula is C27H27FN2O4. The van der Waals surface area contributed by atoms with Crippen molar-refractivity contribution in [3.05, 3.63) is 71.0 Å². The van der Waals surface area contributed by atoms with Crippen LogP contribution in [0.5, 0.6) is 0 Å². The molecule has 176 valence electrons. The van der Waals surface area contributed by atoms with Crippen LogP contribution in [-0.4, -0.2) is 71.7 Å². The Morgan fingerprint density at radius 3 is 2.53 bits per heavy atom. The van der Waals surface area contributed by atoms with Gasteiger partial charge in [-0.2, -0.15) is 0 Å². The minimum Gasteiger partial charge on any atom is -0.394 e. The second-order valence-electron chi connectivity index (χ2n) is 9.13. The first-order valence-corrected chi connectivity index (χ1v) is 11.7. The van der Waals surface area contributed by atoms with Gasteiger partial charge in [-0.25, -0.2) is 4.39 Å². The number of amides is 2. The fourth-order valence-electron chi connectivity index (χ4n) is 5.37. The zero-order valence-electron chi connectivity index (χ0n) is 18.8. The lowest BCUT2D eigenvalue weighted by molar-refractivity contribution is -0.169. The Labute approximate surface area is 198 Å². The molecule has 3 atom stereocenters. The number of piperazine rings is 1. The number of ether oxygens (including phenoxy) is 1. The molecule has 2 amide bonds. The first-order valence-electron chi connectivity index (χ1n) is 11.7. The van der Waals surface area contributed by atoms with Crippen LogP contribution < -0.4 is 0 Å². The average Bonchev–Trinajstić information content (AvgIpc) is 2.85. The largest absolute Gasteiger partial charge is 0.394 e. The van der Waals surface area contributed by atoms with E-state index in [9.17, 15) is 19.1 Å². The van der Waals surface area contributed by atoms with E-state index in [4.69, 9.17) is 4.74 Å². The molecule has 1 N–H and O–H groups in total. The summed E-state index contributed by atoms with van der Waals surface area (Å²) >= 11 is 0. The Morgan fingerprint density at radius 2 is 1.82 bits per heavy atom. The molecule has 3 aliphatic heterocycles. The zero-order chi connectivity index (χ0) is 23.7. The van der Waals surface area contributed by atoms with Crippen molar-refractivity contribution in [2.24, 2.45) is 5.92 Å². The number of aliphatic hydroxyl groups excluding tert-OH is 1. The fraction of sp³-hybridized carbons (Fsp3) is 0.407. The predicted octanol–water partition coefficient (Wildman–Crippen LogP) is 2.15. The Balaban J connectivity index is 1.32. The number of benzene rings is 2. The van der Waals surface area contributed by atoms with Crippen molar-refractivity contribution in [1.29, 1.82) is 0 Å². The molecule has 0 radical (unpaired) electrons. The van der Waals surface area contributed by atoms with Crippen molar-refractivity contribution < 1.29 is 23.8 Å². The summed E-state index contributed by atoms with van der Waals surface area (Å²) in [6.07, 6.45) is 1.39.